The first-order valence-corrected chi connectivity index (χ1v) is 16.0. The Balaban J connectivity index is 1.09. The molecule has 1 aromatic heterocycles. The van der Waals surface area contributed by atoms with E-state index in [0.717, 1.165) is 62.4 Å². The van der Waals surface area contributed by atoms with Crippen LogP contribution in [0.1, 0.15) is 82.8 Å². The monoisotopic (exact) mass is 586 g/mol. The molecule has 1 spiro atoms. The lowest BCUT2D eigenvalue weighted by molar-refractivity contribution is -0.159. The van der Waals surface area contributed by atoms with Crippen LogP contribution in [-0.4, -0.2) is 42.8 Å². The van der Waals surface area contributed by atoms with Crippen LogP contribution in [0.15, 0.2) is 63.5 Å². The predicted octanol–water partition coefficient (Wildman–Crippen LogP) is 6.11. The first-order valence-electron chi connectivity index (χ1n) is 16.0. The van der Waals surface area contributed by atoms with Crippen LogP contribution in [0.5, 0.6) is 0 Å². The van der Waals surface area contributed by atoms with E-state index in [1.807, 2.05) is 42.5 Å². The van der Waals surface area contributed by atoms with Crippen molar-refractivity contribution in [2.75, 3.05) is 6.61 Å². The minimum Gasteiger partial charge on any atom is -0.459 e. The third-order valence-corrected chi connectivity index (χ3v) is 12.2. The summed E-state index contributed by atoms with van der Waals surface area (Å²) in [6.45, 7) is 6.62. The molecule has 7 nitrogen and oxygen atoms in total. The summed E-state index contributed by atoms with van der Waals surface area (Å²) in [7, 11) is 0. The highest BCUT2D eigenvalue weighted by molar-refractivity contribution is 5.81. The third-order valence-electron chi connectivity index (χ3n) is 12.2. The second-order valence-electron chi connectivity index (χ2n) is 14.2. The normalized spacial score (nSPS) is 41.3. The average molecular weight is 587 g/mol. The van der Waals surface area contributed by atoms with Crippen molar-refractivity contribution in [3.63, 3.8) is 0 Å². The van der Waals surface area contributed by atoms with Gasteiger partial charge >= 0.3 is 11.6 Å². The smallest absolute Gasteiger partial charge is 0.335 e. The van der Waals surface area contributed by atoms with Crippen LogP contribution in [0.2, 0.25) is 0 Å². The van der Waals surface area contributed by atoms with Gasteiger partial charge in [0.05, 0.1) is 19.0 Å². The fourth-order valence-electron chi connectivity index (χ4n) is 10.3. The zero-order valence-electron chi connectivity index (χ0n) is 25.3. The second-order valence-corrected chi connectivity index (χ2v) is 14.2. The molecule has 5 fully saturated rings. The summed E-state index contributed by atoms with van der Waals surface area (Å²) in [5.74, 6) is 1.10. The van der Waals surface area contributed by atoms with Gasteiger partial charge in [-0.15, -0.1) is 0 Å². The Morgan fingerprint density at radius 3 is 2.56 bits per heavy atom. The van der Waals surface area contributed by atoms with Crippen molar-refractivity contribution in [1.82, 2.24) is 0 Å². The quantitative estimate of drug-likeness (QED) is 0.167. The molecule has 2 heterocycles. The molecule has 43 heavy (non-hydrogen) atoms. The number of carbonyl (C=O) groups is 2. The fraction of sp³-hybridized carbons (Fsp3) is 0.583. The minimum atomic E-state index is -0.389. The Kier molecular flexibility index (Phi) is 7.05. The van der Waals surface area contributed by atoms with E-state index in [1.165, 1.54) is 13.0 Å². The van der Waals surface area contributed by atoms with E-state index < -0.39 is 0 Å². The summed E-state index contributed by atoms with van der Waals surface area (Å²) >= 11 is 0. The van der Waals surface area contributed by atoms with E-state index in [9.17, 15) is 14.4 Å². The highest BCUT2D eigenvalue weighted by Gasteiger charge is 2.84. The first-order chi connectivity index (χ1) is 20.7. The van der Waals surface area contributed by atoms with E-state index >= 15 is 0 Å². The Morgan fingerprint density at radius 2 is 1.84 bits per heavy atom. The summed E-state index contributed by atoms with van der Waals surface area (Å²) in [5.41, 5.74) is 1.84. The Hall–Kier alpha value is -3.03. The number of aldehydes is 1. The number of ether oxygens (including phenoxy) is 3. The van der Waals surface area contributed by atoms with Crippen LogP contribution in [0.4, 0.5) is 0 Å². The summed E-state index contributed by atoms with van der Waals surface area (Å²) in [6.07, 6.45) is 11.4. The lowest BCUT2D eigenvalue weighted by atomic mass is 9.44. The van der Waals surface area contributed by atoms with Gasteiger partial charge in [0.1, 0.15) is 24.1 Å². The van der Waals surface area contributed by atoms with Gasteiger partial charge in [-0.25, -0.2) is 4.79 Å². The summed E-state index contributed by atoms with van der Waals surface area (Å²) in [6, 6.07) is 13.2. The fourth-order valence-corrected chi connectivity index (χ4v) is 10.3. The zero-order chi connectivity index (χ0) is 30.0. The highest BCUT2D eigenvalue weighted by atomic mass is 16.7. The molecule has 10 atom stereocenters. The second kappa shape index (κ2) is 10.6. The molecule has 7 rings (SSSR count). The molecule has 0 N–H and O–H groups in total. The SMILES string of the molecule is CC(=O)O[C@H]1[C@H]2O[C@]23[C@@H]2CC[C@@H]4C[C@@H](OC/C(C=O)=C/c5ccccc5)CC[C@]4(C)[C@H]2CC[C@]3(C)[C@H]1c1ccc(=O)oc1. The number of hydrogen-bond acceptors (Lipinski definition) is 7. The van der Waals surface area contributed by atoms with Crippen molar-refractivity contribution in [1.29, 1.82) is 0 Å². The first kappa shape index (κ1) is 28.7. The molecule has 0 unspecified atom stereocenters. The zero-order valence-corrected chi connectivity index (χ0v) is 25.3. The van der Waals surface area contributed by atoms with Crippen molar-refractivity contribution < 1.29 is 28.2 Å². The number of rotatable bonds is 7. The number of benzene rings is 1. The van der Waals surface area contributed by atoms with Gasteiger partial charge in [0.25, 0.3) is 0 Å². The number of epoxide rings is 1. The summed E-state index contributed by atoms with van der Waals surface area (Å²) in [4.78, 5) is 35.8. The van der Waals surface area contributed by atoms with E-state index in [2.05, 4.69) is 13.8 Å². The maximum absolute atomic E-state index is 12.3. The topological polar surface area (TPSA) is 95.3 Å². The van der Waals surface area contributed by atoms with Crippen molar-refractivity contribution in [3.8, 4) is 0 Å². The molecular weight excluding hydrogens is 544 g/mol. The number of fused-ring (bicyclic) bond motifs is 3. The molecule has 7 heteroatoms. The van der Waals surface area contributed by atoms with Crippen molar-refractivity contribution in [2.24, 2.45) is 28.6 Å². The summed E-state index contributed by atoms with van der Waals surface area (Å²) < 4.78 is 24.4. The molecule has 0 amide bonds. The van der Waals surface area contributed by atoms with Crippen molar-refractivity contribution in [3.05, 3.63) is 75.8 Å². The van der Waals surface area contributed by atoms with Crippen molar-refractivity contribution in [2.45, 2.75) is 95.5 Å². The Morgan fingerprint density at radius 1 is 1.02 bits per heavy atom. The van der Waals surface area contributed by atoms with E-state index in [-0.39, 0.29) is 52.3 Å². The van der Waals surface area contributed by atoms with Crippen LogP contribution >= 0.6 is 0 Å². The van der Waals surface area contributed by atoms with Crippen LogP contribution in [0.3, 0.4) is 0 Å². The van der Waals surface area contributed by atoms with E-state index in [4.69, 9.17) is 18.6 Å². The molecule has 4 saturated carbocycles. The minimum absolute atomic E-state index is 0.0777. The molecule has 2 aromatic rings. The lowest BCUT2D eigenvalue weighted by Crippen LogP contribution is -2.58. The maximum Gasteiger partial charge on any atom is 0.335 e. The van der Waals surface area contributed by atoms with Gasteiger partial charge in [0.2, 0.25) is 0 Å². The van der Waals surface area contributed by atoms with Gasteiger partial charge in [0.15, 0.2) is 0 Å². The van der Waals surface area contributed by atoms with Gasteiger partial charge in [-0.3, -0.25) is 9.59 Å². The third kappa shape index (κ3) is 4.49. The highest BCUT2D eigenvalue weighted by Crippen LogP contribution is 2.78. The molecule has 1 saturated heterocycles. The molecule has 5 aliphatic rings. The number of carbonyl (C=O) groups excluding carboxylic acids is 2. The largest absolute Gasteiger partial charge is 0.459 e. The molecule has 4 aliphatic carbocycles. The maximum atomic E-state index is 12.3. The van der Waals surface area contributed by atoms with Crippen LogP contribution in [-0.2, 0) is 23.8 Å². The van der Waals surface area contributed by atoms with Gasteiger partial charge in [-0.1, -0.05) is 44.2 Å². The Labute approximate surface area is 253 Å². The number of hydrogen-bond donors (Lipinski definition) is 0. The number of esters is 1. The predicted molar refractivity (Wildman–Crippen MR) is 160 cm³/mol. The van der Waals surface area contributed by atoms with Gasteiger partial charge in [-0.2, -0.15) is 0 Å². The average Bonchev–Trinajstić information content (AvgIpc) is 3.70. The van der Waals surface area contributed by atoms with Crippen LogP contribution in [0, 0.1) is 28.6 Å². The van der Waals surface area contributed by atoms with Gasteiger partial charge in [-0.05, 0) is 91.4 Å². The molecule has 0 bridgehead atoms. The molecule has 1 aromatic carbocycles. The molecule has 0 radical (unpaired) electrons. The van der Waals surface area contributed by atoms with Crippen LogP contribution < -0.4 is 5.63 Å². The molecule has 1 aliphatic heterocycles. The Bertz CT molecular complexity index is 1460. The molecular formula is C36H42O7. The lowest BCUT2D eigenvalue weighted by Gasteiger charge is -2.61. The van der Waals surface area contributed by atoms with E-state index in [1.54, 1.807) is 6.26 Å². The van der Waals surface area contributed by atoms with Crippen molar-refractivity contribution >= 4 is 18.3 Å². The summed E-state index contributed by atoms with van der Waals surface area (Å²) in [5, 5.41) is 0. The van der Waals surface area contributed by atoms with E-state index in [0.29, 0.717) is 29.9 Å². The van der Waals surface area contributed by atoms with Gasteiger partial charge in [0, 0.05) is 29.9 Å². The molecule has 228 valence electrons. The van der Waals surface area contributed by atoms with Gasteiger partial charge < -0.3 is 18.6 Å². The van der Waals surface area contributed by atoms with Crippen LogP contribution in [0.25, 0.3) is 6.08 Å². The standard InChI is InChI=1S/C36H42O7/c1-22(38)42-32-31(25-9-12-30(39)41-21-25)35(3)16-14-28-29(36(35)33(32)43-36)11-10-26-18-27(13-15-34(26,28)2)40-20-24(19-37)17-23-7-5-4-6-8-23/h4-9,12,17,19,21,26-29,31-33H,10-11,13-16,18,20H2,1-3H3/b24-17+/t26-,27+,28+,29-,31+,32-,33-,34+,35-,36-/m1/s1.